The molecule has 0 aliphatic carbocycles. The molecular weight excluding hydrogens is 322 g/mol. The first kappa shape index (κ1) is 18.7. The van der Waals surface area contributed by atoms with Gasteiger partial charge in [0.2, 0.25) is 10.0 Å². The molecule has 0 aromatic heterocycles. The zero-order chi connectivity index (χ0) is 17.7. The van der Waals surface area contributed by atoms with Gasteiger partial charge in [-0.05, 0) is 37.8 Å². The van der Waals surface area contributed by atoms with Crippen LogP contribution in [0.1, 0.15) is 64.0 Å². The van der Waals surface area contributed by atoms with Gasteiger partial charge < -0.3 is 0 Å². The van der Waals surface area contributed by atoms with Crippen LogP contribution in [0.15, 0.2) is 30.0 Å². The molecule has 1 aliphatic rings. The number of hydrogen-bond donors (Lipinski definition) is 0. The van der Waals surface area contributed by atoms with Crippen LogP contribution in [0.5, 0.6) is 0 Å². The van der Waals surface area contributed by atoms with E-state index in [2.05, 4.69) is 6.92 Å². The molecule has 0 N–H and O–H groups in total. The van der Waals surface area contributed by atoms with Crippen molar-refractivity contribution < 1.29 is 13.2 Å². The summed E-state index contributed by atoms with van der Waals surface area (Å²) in [6, 6.07) is 7.62. The van der Waals surface area contributed by atoms with E-state index in [1.165, 1.54) is 11.2 Å². The minimum absolute atomic E-state index is 0.0405. The third kappa shape index (κ3) is 3.89. The first-order chi connectivity index (χ1) is 11.4. The van der Waals surface area contributed by atoms with E-state index in [1.807, 2.05) is 24.3 Å². The normalized spacial score (nSPS) is 14.7. The Labute approximate surface area is 145 Å². The average Bonchev–Trinajstić information content (AvgIpc) is 2.57. The average molecular weight is 349 g/mol. The number of fused-ring (bicyclic) bond motifs is 1. The first-order valence-corrected chi connectivity index (χ1v) is 10.4. The number of Topliss-reactive ketones (excluding diaryl/α,β-unsaturated/α-hetero) is 1. The van der Waals surface area contributed by atoms with Crippen molar-refractivity contribution in [1.29, 1.82) is 0 Å². The highest BCUT2D eigenvalue weighted by Gasteiger charge is 2.32. The highest BCUT2D eigenvalue weighted by Crippen LogP contribution is 2.36. The summed E-state index contributed by atoms with van der Waals surface area (Å²) in [6.07, 6.45) is 4.82. The van der Waals surface area contributed by atoms with E-state index in [1.54, 1.807) is 6.92 Å². The van der Waals surface area contributed by atoms with Crippen molar-refractivity contribution in [3.8, 4) is 0 Å². The molecule has 1 aliphatic heterocycles. The Morgan fingerprint density at radius 3 is 2.46 bits per heavy atom. The lowest BCUT2D eigenvalue weighted by Crippen LogP contribution is -2.35. The second-order valence-electron chi connectivity index (χ2n) is 6.25. The van der Waals surface area contributed by atoms with Crippen molar-refractivity contribution in [2.75, 3.05) is 5.75 Å². The van der Waals surface area contributed by atoms with Gasteiger partial charge in [0.1, 0.15) is 0 Å². The quantitative estimate of drug-likeness (QED) is 0.663. The van der Waals surface area contributed by atoms with Crippen molar-refractivity contribution >= 4 is 21.4 Å². The highest BCUT2D eigenvalue weighted by atomic mass is 32.2. The molecule has 1 aromatic rings. The van der Waals surface area contributed by atoms with Gasteiger partial charge in [0.15, 0.2) is 5.78 Å². The van der Waals surface area contributed by atoms with E-state index >= 15 is 0 Å². The van der Waals surface area contributed by atoms with Crippen molar-refractivity contribution in [2.45, 2.75) is 59.4 Å². The van der Waals surface area contributed by atoms with Crippen molar-refractivity contribution in [3.05, 3.63) is 41.1 Å². The molecule has 132 valence electrons. The van der Waals surface area contributed by atoms with Gasteiger partial charge >= 0.3 is 0 Å². The summed E-state index contributed by atoms with van der Waals surface area (Å²) < 4.78 is 26.7. The van der Waals surface area contributed by atoms with Crippen LogP contribution in [0.3, 0.4) is 0 Å². The van der Waals surface area contributed by atoms with Gasteiger partial charge in [0.05, 0.1) is 12.3 Å². The van der Waals surface area contributed by atoms with Crippen LogP contribution >= 0.6 is 0 Å². The van der Waals surface area contributed by atoms with Gasteiger partial charge in [-0.1, -0.05) is 50.5 Å². The van der Waals surface area contributed by atoms with Crippen molar-refractivity contribution in [2.24, 2.45) is 0 Å². The zero-order valence-electron chi connectivity index (χ0n) is 14.8. The standard InChI is InChI=1S/C19H27NO3S/c1-4-6-7-8-13-18-19(15(3)21)17-12-10-9-11-16(17)14-20(18)24(22,23)5-2/h9-12H,4-8,13-14H2,1-3H3. The number of rotatable bonds is 8. The second kappa shape index (κ2) is 7.97. The SMILES string of the molecule is CCCCCCC1=C(C(C)=O)c2ccccc2CN1S(=O)(=O)CC. The third-order valence-corrected chi connectivity index (χ3v) is 6.26. The van der Waals surface area contributed by atoms with Crippen LogP contribution in [0.2, 0.25) is 0 Å². The summed E-state index contributed by atoms with van der Waals surface area (Å²) in [5.74, 6) is -0.0253. The zero-order valence-corrected chi connectivity index (χ0v) is 15.7. The molecule has 0 unspecified atom stereocenters. The molecular formula is C19H27NO3S. The van der Waals surface area contributed by atoms with E-state index in [-0.39, 0.29) is 11.5 Å². The van der Waals surface area contributed by atoms with Gasteiger partial charge in [-0.2, -0.15) is 0 Å². The van der Waals surface area contributed by atoms with E-state index in [0.717, 1.165) is 36.8 Å². The largest absolute Gasteiger partial charge is 0.294 e. The molecule has 0 bridgehead atoms. The molecule has 1 heterocycles. The summed E-state index contributed by atoms with van der Waals surface area (Å²) in [4.78, 5) is 12.3. The van der Waals surface area contributed by atoms with Crippen LogP contribution in [-0.2, 0) is 21.4 Å². The Balaban J connectivity index is 2.52. The van der Waals surface area contributed by atoms with Crippen LogP contribution in [0.25, 0.3) is 5.57 Å². The van der Waals surface area contributed by atoms with Crippen LogP contribution < -0.4 is 0 Å². The first-order valence-electron chi connectivity index (χ1n) is 8.75. The third-order valence-electron chi connectivity index (χ3n) is 4.51. The summed E-state index contributed by atoms with van der Waals surface area (Å²) >= 11 is 0. The van der Waals surface area contributed by atoms with Crippen LogP contribution in [-0.4, -0.2) is 24.3 Å². The smallest absolute Gasteiger partial charge is 0.234 e. The van der Waals surface area contributed by atoms with Gasteiger partial charge in [0.25, 0.3) is 0 Å². The molecule has 0 fully saturated rings. The number of sulfonamides is 1. The topological polar surface area (TPSA) is 54.5 Å². The Morgan fingerprint density at radius 1 is 1.12 bits per heavy atom. The Kier molecular flexibility index (Phi) is 6.21. The monoisotopic (exact) mass is 349 g/mol. The molecule has 0 amide bonds. The molecule has 0 saturated carbocycles. The number of allylic oxidation sites excluding steroid dienone is 2. The van der Waals surface area contributed by atoms with E-state index in [9.17, 15) is 13.2 Å². The summed E-state index contributed by atoms with van der Waals surface area (Å²) in [5.41, 5.74) is 3.04. The minimum Gasteiger partial charge on any atom is -0.294 e. The van der Waals surface area contributed by atoms with E-state index in [0.29, 0.717) is 24.2 Å². The van der Waals surface area contributed by atoms with Gasteiger partial charge in [-0.25, -0.2) is 8.42 Å². The lowest BCUT2D eigenvalue weighted by atomic mass is 9.90. The molecule has 0 saturated heterocycles. The number of unbranched alkanes of at least 4 members (excludes halogenated alkanes) is 3. The number of carbonyl (C=O) groups excluding carboxylic acids is 1. The van der Waals surface area contributed by atoms with Gasteiger partial charge in [0, 0.05) is 11.3 Å². The number of nitrogens with zero attached hydrogens (tertiary/aromatic N) is 1. The lowest BCUT2D eigenvalue weighted by Gasteiger charge is -2.33. The molecule has 0 spiro atoms. The number of hydrogen-bond acceptors (Lipinski definition) is 3. The number of benzene rings is 1. The molecule has 0 radical (unpaired) electrons. The molecule has 24 heavy (non-hydrogen) atoms. The maximum absolute atomic E-state index is 12.6. The Morgan fingerprint density at radius 2 is 1.83 bits per heavy atom. The molecule has 0 atom stereocenters. The summed E-state index contributed by atoms with van der Waals surface area (Å²) in [5, 5.41) is 0. The van der Waals surface area contributed by atoms with Crippen LogP contribution in [0.4, 0.5) is 0 Å². The molecule has 5 heteroatoms. The van der Waals surface area contributed by atoms with Gasteiger partial charge in [-0.3, -0.25) is 9.10 Å². The predicted octanol–water partition coefficient (Wildman–Crippen LogP) is 4.12. The summed E-state index contributed by atoms with van der Waals surface area (Å²) in [6.45, 7) is 5.65. The molecule has 2 rings (SSSR count). The fourth-order valence-corrected chi connectivity index (χ4v) is 4.38. The van der Waals surface area contributed by atoms with Crippen LogP contribution in [0, 0.1) is 0 Å². The van der Waals surface area contributed by atoms with Crippen molar-refractivity contribution in [3.63, 3.8) is 0 Å². The van der Waals surface area contributed by atoms with Gasteiger partial charge in [-0.15, -0.1) is 0 Å². The van der Waals surface area contributed by atoms with E-state index in [4.69, 9.17) is 0 Å². The fourth-order valence-electron chi connectivity index (χ4n) is 3.22. The van der Waals surface area contributed by atoms with Crippen molar-refractivity contribution in [1.82, 2.24) is 4.31 Å². The fraction of sp³-hybridized carbons (Fsp3) is 0.526. The Bertz CT molecular complexity index is 735. The lowest BCUT2D eigenvalue weighted by molar-refractivity contribution is -0.111. The van der Waals surface area contributed by atoms with E-state index < -0.39 is 10.0 Å². The molecule has 1 aromatic carbocycles. The Hall–Kier alpha value is -1.62. The maximum atomic E-state index is 12.6. The highest BCUT2D eigenvalue weighted by molar-refractivity contribution is 7.89. The predicted molar refractivity (Wildman–Crippen MR) is 97.8 cm³/mol. The number of ketones is 1. The molecule has 4 nitrogen and oxygen atoms in total. The maximum Gasteiger partial charge on any atom is 0.234 e. The second-order valence-corrected chi connectivity index (χ2v) is 8.43. The number of carbonyl (C=O) groups is 1. The summed E-state index contributed by atoms with van der Waals surface area (Å²) in [7, 11) is -3.40. The minimum atomic E-state index is -3.40.